The van der Waals surface area contributed by atoms with Crippen molar-refractivity contribution in [3.63, 3.8) is 0 Å². The molecular weight excluding hydrogens is 244 g/mol. The minimum Gasteiger partial charge on any atom is -0.494 e. The molecule has 2 amide bonds. The number of ether oxygens (including phenoxy) is 1. The monoisotopic (exact) mass is 266 g/mol. The van der Waals surface area contributed by atoms with Crippen LogP contribution in [0.25, 0.3) is 0 Å². The van der Waals surface area contributed by atoms with Gasteiger partial charge in [0.2, 0.25) is 0 Å². The highest BCUT2D eigenvalue weighted by Gasteiger charge is 2.02. The molecule has 0 aliphatic heterocycles. The molecule has 0 spiro atoms. The van der Waals surface area contributed by atoms with Crippen LogP contribution in [-0.2, 0) is 6.54 Å². The van der Waals surface area contributed by atoms with Crippen molar-refractivity contribution in [2.24, 2.45) is 0 Å². The van der Waals surface area contributed by atoms with Crippen LogP contribution in [-0.4, -0.2) is 30.4 Å². The minimum absolute atomic E-state index is 0.234. The van der Waals surface area contributed by atoms with Crippen LogP contribution in [0.15, 0.2) is 24.3 Å². The lowest BCUT2D eigenvalue weighted by Crippen LogP contribution is -2.36. The first-order valence-electron chi connectivity index (χ1n) is 6.53. The van der Waals surface area contributed by atoms with E-state index in [1.165, 1.54) is 0 Å². The Bertz CT molecular complexity index is 394. The van der Waals surface area contributed by atoms with Crippen molar-refractivity contribution in [1.82, 2.24) is 10.6 Å². The Balaban J connectivity index is 2.31. The second-order valence-electron chi connectivity index (χ2n) is 4.33. The van der Waals surface area contributed by atoms with E-state index in [1.807, 2.05) is 31.2 Å². The average Bonchev–Trinajstić information content (AvgIpc) is 2.37. The van der Waals surface area contributed by atoms with Crippen molar-refractivity contribution >= 4 is 6.03 Å². The smallest absolute Gasteiger partial charge is 0.315 e. The van der Waals surface area contributed by atoms with E-state index in [0.717, 1.165) is 11.3 Å². The number of carbonyl (C=O) groups excluding carboxylic acids is 1. The van der Waals surface area contributed by atoms with E-state index < -0.39 is 6.10 Å². The molecule has 0 aromatic heterocycles. The molecule has 1 atom stereocenters. The molecule has 5 nitrogen and oxygen atoms in total. The van der Waals surface area contributed by atoms with Gasteiger partial charge in [0.15, 0.2) is 0 Å². The summed E-state index contributed by atoms with van der Waals surface area (Å²) < 4.78 is 5.39. The van der Waals surface area contributed by atoms with Gasteiger partial charge in [-0.05, 0) is 38.0 Å². The van der Waals surface area contributed by atoms with Gasteiger partial charge in [0.1, 0.15) is 5.75 Å². The number of hydrogen-bond acceptors (Lipinski definition) is 3. The summed E-state index contributed by atoms with van der Waals surface area (Å²) in [5.41, 5.74) is 0.983. The summed E-state index contributed by atoms with van der Waals surface area (Å²) in [6.07, 6.45) is 0.149. The van der Waals surface area contributed by atoms with Crippen LogP contribution in [0.2, 0.25) is 0 Å². The summed E-state index contributed by atoms with van der Waals surface area (Å²) in [7, 11) is 0. The Labute approximate surface area is 114 Å². The van der Waals surface area contributed by atoms with E-state index >= 15 is 0 Å². The summed E-state index contributed by atoms with van der Waals surface area (Å²) in [6, 6.07) is 7.38. The van der Waals surface area contributed by atoms with Gasteiger partial charge in [0.05, 0.1) is 12.7 Å². The molecule has 106 valence electrons. The van der Waals surface area contributed by atoms with Gasteiger partial charge in [-0.3, -0.25) is 0 Å². The van der Waals surface area contributed by atoms with Crippen LogP contribution >= 0.6 is 0 Å². The van der Waals surface area contributed by atoms with Gasteiger partial charge in [-0.25, -0.2) is 4.79 Å². The lowest BCUT2D eigenvalue weighted by atomic mass is 10.2. The summed E-state index contributed by atoms with van der Waals surface area (Å²) in [5, 5.41) is 14.5. The first kappa shape index (κ1) is 15.3. The topological polar surface area (TPSA) is 70.6 Å². The molecule has 1 rings (SSSR count). The number of hydrogen-bond donors (Lipinski definition) is 3. The standard InChI is InChI=1S/C14H22N2O3/c1-3-19-13-6-4-5-12(9-13)10-16-14(18)15-8-7-11(2)17/h4-6,9,11,17H,3,7-8,10H2,1-2H3,(H2,15,16,18). The van der Waals surface area contributed by atoms with Crippen LogP contribution in [0, 0.1) is 0 Å². The Morgan fingerprint density at radius 2 is 2.21 bits per heavy atom. The van der Waals surface area contributed by atoms with E-state index in [4.69, 9.17) is 9.84 Å². The van der Waals surface area contributed by atoms with Crippen molar-refractivity contribution in [1.29, 1.82) is 0 Å². The molecule has 0 saturated carbocycles. The highest BCUT2D eigenvalue weighted by Crippen LogP contribution is 2.12. The van der Waals surface area contributed by atoms with Crippen molar-refractivity contribution in [3.8, 4) is 5.75 Å². The van der Waals surface area contributed by atoms with Gasteiger partial charge in [-0.1, -0.05) is 12.1 Å². The Kier molecular flexibility index (Phi) is 6.74. The van der Waals surface area contributed by atoms with Crippen molar-refractivity contribution < 1.29 is 14.6 Å². The van der Waals surface area contributed by atoms with Crippen LogP contribution in [0.3, 0.4) is 0 Å². The molecule has 19 heavy (non-hydrogen) atoms. The fourth-order valence-corrected chi connectivity index (χ4v) is 1.55. The third-order valence-electron chi connectivity index (χ3n) is 2.51. The number of carbonyl (C=O) groups is 1. The maximum Gasteiger partial charge on any atom is 0.315 e. The molecular formula is C14H22N2O3. The molecule has 0 aliphatic rings. The summed E-state index contributed by atoms with van der Waals surface area (Å²) in [4.78, 5) is 11.5. The molecule has 3 N–H and O–H groups in total. The molecule has 5 heteroatoms. The molecule has 1 aromatic rings. The van der Waals surface area contributed by atoms with E-state index in [1.54, 1.807) is 6.92 Å². The van der Waals surface area contributed by atoms with Gasteiger partial charge in [-0.2, -0.15) is 0 Å². The highest BCUT2D eigenvalue weighted by atomic mass is 16.5. The van der Waals surface area contributed by atoms with Crippen LogP contribution in [0.5, 0.6) is 5.75 Å². The zero-order valence-corrected chi connectivity index (χ0v) is 11.5. The van der Waals surface area contributed by atoms with Gasteiger partial charge in [0.25, 0.3) is 0 Å². The van der Waals surface area contributed by atoms with Gasteiger partial charge >= 0.3 is 6.03 Å². The minimum atomic E-state index is -0.400. The number of amides is 2. The number of nitrogens with one attached hydrogen (secondary N) is 2. The molecule has 1 unspecified atom stereocenters. The average molecular weight is 266 g/mol. The number of aliphatic hydroxyl groups is 1. The predicted octanol–water partition coefficient (Wildman–Crippen LogP) is 1.66. The number of aliphatic hydroxyl groups excluding tert-OH is 1. The maximum absolute atomic E-state index is 11.5. The molecule has 0 aliphatic carbocycles. The van der Waals surface area contributed by atoms with Gasteiger partial charge < -0.3 is 20.5 Å². The van der Waals surface area contributed by atoms with Crippen LogP contribution < -0.4 is 15.4 Å². The number of rotatable bonds is 7. The van der Waals surface area contributed by atoms with E-state index in [-0.39, 0.29) is 6.03 Å². The normalized spacial score (nSPS) is 11.7. The predicted molar refractivity (Wildman–Crippen MR) is 74.1 cm³/mol. The van der Waals surface area contributed by atoms with E-state index in [2.05, 4.69) is 10.6 Å². The summed E-state index contributed by atoms with van der Waals surface area (Å²) in [5.74, 6) is 0.802. The third kappa shape index (κ3) is 6.67. The molecule has 0 radical (unpaired) electrons. The molecule has 0 heterocycles. The molecule has 1 aromatic carbocycles. The van der Waals surface area contributed by atoms with E-state index in [9.17, 15) is 4.79 Å². The maximum atomic E-state index is 11.5. The van der Waals surface area contributed by atoms with Gasteiger partial charge in [-0.15, -0.1) is 0 Å². The molecule has 0 bridgehead atoms. The number of urea groups is 1. The zero-order valence-electron chi connectivity index (χ0n) is 11.5. The zero-order chi connectivity index (χ0) is 14.1. The molecule has 0 saturated heterocycles. The van der Waals surface area contributed by atoms with Crippen molar-refractivity contribution in [3.05, 3.63) is 29.8 Å². The summed E-state index contributed by atoms with van der Waals surface area (Å²) >= 11 is 0. The lowest BCUT2D eigenvalue weighted by Gasteiger charge is -2.09. The Hall–Kier alpha value is -1.75. The lowest BCUT2D eigenvalue weighted by molar-refractivity contribution is 0.183. The van der Waals surface area contributed by atoms with Crippen molar-refractivity contribution in [2.45, 2.75) is 32.9 Å². The second-order valence-corrected chi connectivity index (χ2v) is 4.33. The van der Waals surface area contributed by atoms with Crippen LogP contribution in [0.1, 0.15) is 25.8 Å². The van der Waals surface area contributed by atoms with E-state index in [0.29, 0.717) is 26.1 Å². The second kappa shape index (κ2) is 8.37. The SMILES string of the molecule is CCOc1cccc(CNC(=O)NCCC(C)O)c1. The first-order valence-corrected chi connectivity index (χ1v) is 6.53. The largest absolute Gasteiger partial charge is 0.494 e. The number of benzene rings is 1. The fourth-order valence-electron chi connectivity index (χ4n) is 1.55. The highest BCUT2D eigenvalue weighted by molar-refractivity contribution is 5.73. The molecule has 0 fully saturated rings. The quantitative estimate of drug-likeness (QED) is 0.703. The van der Waals surface area contributed by atoms with Gasteiger partial charge in [0, 0.05) is 13.1 Å². The van der Waals surface area contributed by atoms with Crippen molar-refractivity contribution in [2.75, 3.05) is 13.2 Å². The first-order chi connectivity index (χ1) is 9.11. The Morgan fingerprint density at radius 3 is 2.89 bits per heavy atom. The van der Waals surface area contributed by atoms with Crippen LogP contribution in [0.4, 0.5) is 4.79 Å². The Morgan fingerprint density at radius 1 is 1.42 bits per heavy atom. The third-order valence-corrected chi connectivity index (χ3v) is 2.51. The fraction of sp³-hybridized carbons (Fsp3) is 0.500. The summed E-state index contributed by atoms with van der Waals surface area (Å²) in [6.45, 7) is 5.15.